The monoisotopic (exact) mass is 411 g/mol. The van der Waals surface area contributed by atoms with Crippen molar-refractivity contribution in [3.63, 3.8) is 0 Å². The molecule has 0 bridgehead atoms. The Hall–Kier alpha value is -2.74. The van der Waals surface area contributed by atoms with Crippen molar-refractivity contribution in [1.29, 1.82) is 0 Å². The van der Waals surface area contributed by atoms with E-state index < -0.39 is 0 Å². The van der Waals surface area contributed by atoms with Crippen LogP contribution in [0.1, 0.15) is 48.5 Å². The SMILES string of the molecule is O=C(CSc1nnc(-c2ccco2)n1C1CCCCC1)c1ccc2c(c1)OCO2. The number of ketones is 1. The lowest BCUT2D eigenvalue weighted by Crippen LogP contribution is -2.15. The van der Waals surface area contributed by atoms with Crippen molar-refractivity contribution in [2.75, 3.05) is 12.5 Å². The van der Waals surface area contributed by atoms with E-state index >= 15 is 0 Å². The van der Waals surface area contributed by atoms with Gasteiger partial charge in [0.1, 0.15) is 0 Å². The molecule has 3 heterocycles. The minimum atomic E-state index is 0.0195. The van der Waals surface area contributed by atoms with Gasteiger partial charge >= 0.3 is 0 Å². The first kappa shape index (κ1) is 18.3. The highest BCUT2D eigenvalue weighted by Crippen LogP contribution is 2.36. The van der Waals surface area contributed by atoms with Crippen molar-refractivity contribution in [1.82, 2.24) is 14.8 Å². The summed E-state index contributed by atoms with van der Waals surface area (Å²) in [5, 5.41) is 9.53. The van der Waals surface area contributed by atoms with E-state index in [1.165, 1.54) is 31.0 Å². The molecule has 5 rings (SSSR count). The van der Waals surface area contributed by atoms with E-state index in [0.29, 0.717) is 28.9 Å². The number of hydrogen-bond donors (Lipinski definition) is 0. The summed E-state index contributed by atoms with van der Waals surface area (Å²) in [6.45, 7) is 0.196. The number of furan rings is 1. The smallest absolute Gasteiger partial charge is 0.231 e. The van der Waals surface area contributed by atoms with Crippen molar-refractivity contribution in [3.05, 3.63) is 42.2 Å². The van der Waals surface area contributed by atoms with Crippen molar-refractivity contribution < 1.29 is 18.7 Å². The van der Waals surface area contributed by atoms with Gasteiger partial charge in [-0.3, -0.25) is 9.36 Å². The van der Waals surface area contributed by atoms with Crippen LogP contribution in [0, 0.1) is 0 Å². The largest absolute Gasteiger partial charge is 0.461 e. The molecule has 1 fully saturated rings. The second kappa shape index (κ2) is 7.94. The Morgan fingerprint density at radius 3 is 2.79 bits per heavy atom. The van der Waals surface area contributed by atoms with Gasteiger partial charge in [0.25, 0.3) is 0 Å². The predicted octanol–water partition coefficient (Wildman–Crippen LogP) is 4.75. The Bertz CT molecular complexity index is 1010. The van der Waals surface area contributed by atoms with Crippen LogP contribution in [-0.4, -0.2) is 33.1 Å². The number of carbonyl (C=O) groups excluding carboxylic acids is 1. The normalized spacial score (nSPS) is 16.3. The number of nitrogens with zero attached hydrogens (tertiary/aromatic N) is 3. The first-order chi connectivity index (χ1) is 14.3. The lowest BCUT2D eigenvalue weighted by Gasteiger charge is -2.25. The Kier molecular flexibility index (Phi) is 5.01. The zero-order valence-corrected chi connectivity index (χ0v) is 16.7. The Labute approximate surface area is 172 Å². The van der Waals surface area contributed by atoms with E-state index in [0.717, 1.165) is 23.8 Å². The Morgan fingerprint density at radius 1 is 1.10 bits per heavy atom. The minimum Gasteiger partial charge on any atom is -0.461 e. The fourth-order valence-corrected chi connectivity index (χ4v) is 4.80. The second-order valence-corrected chi connectivity index (χ2v) is 8.17. The molecule has 1 aliphatic heterocycles. The van der Waals surface area contributed by atoms with Crippen LogP contribution in [0.5, 0.6) is 11.5 Å². The molecule has 2 aromatic heterocycles. The molecule has 1 saturated carbocycles. The molecule has 7 nitrogen and oxygen atoms in total. The van der Waals surface area contributed by atoms with Gasteiger partial charge < -0.3 is 13.9 Å². The molecule has 0 atom stereocenters. The number of aromatic nitrogens is 3. The number of thioether (sulfide) groups is 1. The fraction of sp³-hybridized carbons (Fsp3) is 0.381. The first-order valence-corrected chi connectivity index (χ1v) is 10.8. The van der Waals surface area contributed by atoms with Crippen LogP contribution < -0.4 is 9.47 Å². The molecule has 3 aromatic rings. The van der Waals surface area contributed by atoms with E-state index in [-0.39, 0.29) is 18.3 Å². The zero-order valence-electron chi connectivity index (χ0n) is 15.9. The van der Waals surface area contributed by atoms with Gasteiger partial charge in [-0.25, -0.2) is 0 Å². The lowest BCUT2D eigenvalue weighted by molar-refractivity contribution is 0.102. The number of benzene rings is 1. The van der Waals surface area contributed by atoms with Crippen LogP contribution in [0.25, 0.3) is 11.6 Å². The van der Waals surface area contributed by atoms with E-state index in [1.54, 1.807) is 24.5 Å². The molecule has 8 heteroatoms. The highest BCUT2D eigenvalue weighted by Gasteiger charge is 2.25. The zero-order chi connectivity index (χ0) is 19.6. The summed E-state index contributed by atoms with van der Waals surface area (Å²) in [5.74, 6) is 3.03. The fourth-order valence-electron chi connectivity index (χ4n) is 3.90. The maximum Gasteiger partial charge on any atom is 0.231 e. The van der Waals surface area contributed by atoms with Gasteiger partial charge in [0.15, 0.2) is 28.2 Å². The van der Waals surface area contributed by atoms with Crippen LogP contribution in [0.3, 0.4) is 0 Å². The molecule has 0 spiro atoms. The van der Waals surface area contributed by atoms with Crippen molar-refractivity contribution in [2.24, 2.45) is 0 Å². The molecule has 29 heavy (non-hydrogen) atoms. The molecule has 0 saturated heterocycles. The summed E-state index contributed by atoms with van der Waals surface area (Å²) in [6, 6.07) is 9.38. The van der Waals surface area contributed by atoms with Crippen LogP contribution in [-0.2, 0) is 0 Å². The van der Waals surface area contributed by atoms with E-state index in [9.17, 15) is 4.79 Å². The summed E-state index contributed by atoms with van der Waals surface area (Å²) in [6.07, 6.45) is 7.48. The highest BCUT2D eigenvalue weighted by molar-refractivity contribution is 7.99. The molecule has 1 aliphatic carbocycles. The maximum atomic E-state index is 12.7. The summed E-state index contributed by atoms with van der Waals surface area (Å²) >= 11 is 1.42. The molecule has 0 amide bonds. The van der Waals surface area contributed by atoms with Crippen molar-refractivity contribution in [3.8, 4) is 23.1 Å². The lowest BCUT2D eigenvalue weighted by atomic mass is 9.95. The molecule has 0 unspecified atom stereocenters. The molecule has 2 aliphatic rings. The number of carbonyl (C=O) groups is 1. The summed E-state index contributed by atoms with van der Waals surface area (Å²) in [4.78, 5) is 12.7. The molecule has 150 valence electrons. The summed E-state index contributed by atoms with van der Waals surface area (Å²) in [5.41, 5.74) is 0.608. The minimum absolute atomic E-state index is 0.0195. The second-order valence-electron chi connectivity index (χ2n) is 7.23. The Morgan fingerprint density at radius 2 is 1.97 bits per heavy atom. The standard InChI is InChI=1S/C21H21N3O4S/c25-16(14-8-9-17-19(11-14)28-13-27-17)12-29-21-23-22-20(18-7-4-10-26-18)24(21)15-5-2-1-3-6-15/h4,7-11,15H,1-3,5-6,12-13H2. The van der Waals surface area contributed by atoms with Crippen LogP contribution in [0.2, 0.25) is 0 Å². The van der Waals surface area contributed by atoms with Crippen LogP contribution in [0.15, 0.2) is 46.2 Å². The maximum absolute atomic E-state index is 12.7. The molecular formula is C21H21N3O4S. The number of ether oxygens (including phenoxy) is 2. The van der Waals surface area contributed by atoms with Gasteiger partial charge in [0.05, 0.1) is 12.0 Å². The number of fused-ring (bicyclic) bond motifs is 1. The third-order valence-electron chi connectivity index (χ3n) is 5.37. The molecule has 1 aromatic carbocycles. The van der Waals surface area contributed by atoms with Gasteiger partial charge in [-0.05, 0) is 43.2 Å². The summed E-state index contributed by atoms with van der Waals surface area (Å²) in [7, 11) is 0. The van der Waals surface area contributed by atoms with E-state index in [4.69, 9.17) is 13.9 Å². The van der Waals surface area contributed by atoms with E-state index in [1.807, 2.05) is 12.1 Å². The van der Waals surface area contributed by atoms with Crippen molar-refractivity contribution in [2.45, 2.75) is 43.3 Å². The topological polar surface area (TPSA) is 79.4 Å². The predicted molar refractivity (Wildman–Crippen MR) is 107 cm³/mol. The summed E-state index contributed by atoms with van der Waals surface area (Å²) < 4.78 is 18.4. The van der Waals surface area contributed by atoms with Gasteiger partial charge in [0, 0.05) is 11.6 Å². The van der Waals surface area contributed by atoms with Crippen LogP contribution in [0.4, 0.5) is 0 Å². The highest BCUT2D eigenvalue weighted by atomic mass is 32.2. The van der Waals surface area contributed by atoms with Crippen LogP contribution >= 0.6 is 11.8 Å². The third kappa shape index (κ3) is 3.64. The number of rotatable bonds is 6. The third-order valence-corrected chi connectivity index (χ3v) is 6.32. The van der Waals surface area contributed by atoms with Gasteiger partial charge in [-0.2, -0.15) is 0 Å². The van der Waals surface area contributed by atoms with Gasteiger partial charge in [-0.15, -0.1) is 10.2 Å². The quantitative estimate of drug-likeness (QED) is 0.428. The molecule has 0 N–H and O–H groups in total. The molecular weight excluding hydrogens is 390 g/mol. The number of hydrogen-bond acceptors (Lipinski definition) is 7. The number of Topliss-reactive ketones (excluding diaryl/α,β-unsaturated/α-hetero) is 1. The van der Waals surface area contributed by atoms with Gasteiger partial charge in [0.2, 0.25) is 12.6 Å². The average molecular weight is 411 g/mol. The Balaban J connectivity index is 1.37. The first-order valence-electron chi connectivity index (χ1n) is 9.84. The van der Waals surface area contributed by atoms with Crippen molar-refractivity contribution >= 4 is 17.5 Å². The van der Waals surface area contributed by atoms with Gasteiger partial charge in [-0.1, -0.05) is 31.0 Å². The molecule has 0 radical (unpaired) electrons. The van der Waals surface area contributed by atoms with E-state index in [2.05, 4.69) is 14.8 Å². The average Bonchev–Trinajstić information content (AvgIpc) is 3.52.